The van der Waals surface area contributed by atoms with Gasteiger partial charge in [-0.3, -0.25) is 9.48 Å². The van der Waals surface area contributed by atoms with E-state index in [1.54, 1.807) is 36.4 Å². The molecule has 0 saturated carbocycles. The number of carbonyl (C=O) groups is 1. The van der Waals surface area contributed by atoms with E-state index in [0.717, 1.165) is 32.5 Å². The summed E-state index contributed by atoms with van der Waals surface area (Å²) >= 11 is 0. The lowest BCUT2D eigenvalue weighted by Crippen LogP contribution is -2.41. The number of hydrogen-bond acceptors (Lipinski definition) is 6. The molecule has 0 spiro atoms. The third-order valence-electron chi connectivity index (χ3n) is 4.40. The smallest absolute Gasteiger partial charge is 0.254 e. The summed E-state index contributed by atoms with van der Waals surface area (Å²) in [5.41, 5.74) is 0.602. The summed E-state index contributed by atoms with van der Waals surface area (Å²) in [7, 11) is 1.60. The monoisotopic (exact) mass is 344 g/mol. The molecule has 3 heterocycles. The molecule has 8 heteroatoms. The highest BCUT2D eigenvalue weighted by Gasteiger charge is 2.23. The van der Waals surface area contributed by atoms with Crippen molar-refractivity contribution < 1.29 is 9.53 Å². The van der Waals surface area contributed by atoms with Crippen LogP contribution in [0.15, 0.2) is 24.7 Å². The Morgan fingerprint density at radius 2 is 2.36 bits per heavy atom. The van der Waals surface area contributed by atoms with Gasteiger partial charge < -0.3 is 15.0 Å². The fraction of sp³-hybridized carbons (Fsp3) is 0.529. The molecule has 0 bridgehead atoms. The van der Waals surface area contributed by atoms with Crippen molar-refractivity contribution in [1.29, 1.82) is 0 Å². The van der Waals surface area contributed by atoms with Crippen molar-refractivity contribution in [2.45, 2.75) is 26.3 Å². The molecule has 1 aliphatic heterocycles. The Labute approximate surface area is 147 Å². The lowest BCUT2D eigenvalue weighted by Gasteiger charge is -2.32. The first-order valence-electron chi connectivity index (χ1n) is 8.62. The standard InChI is InChI=1S/C17H24N6O2/c1-3-23-12-14(10-20-23)16(24)19-9-13-5-4-8-22(11-13)17-18-7-6-15(21-17)25-2/h6-7,10,12-13H,3-5,8-9,11H2,1-2H3,(H,19,24). The molecule has 1 amide bonds. The van der Waals surface area contributed by atoms with Gasteiger partial charge in [0.25, 0.3) is 5.91 Å². The fourth-order valence-corrected chi connectivity index (χ4v) is 3.00. The minimum absolute atomic E-state index is 0.0746. The molecular formula is C17H24N6O2. The van der Waals surface area contributed by atoms with Crippen molar-refractivity contribution in [3.05, 3.63) is 30.2 Å². The van der Waals surface area contributed by atoms with Gasteiger partial charge in [-0.05, 0) is 25.7 Å². The third-order valence-corrected chi connectivity index (χ3v) is 4.40. The predicted molar refractivity (Wildman–Crippen MR) is 93.8 cm³/mol. The van der Waals surface area contributed by atoms with Gasteiger partial charge in [0.15, 0.2) is 0 Å². The second-order valence-corrected chi connectivity index (χ2v) is 6.15. The highest BCUT2D eigenvalue weighted by Crippen LogP contribution is 2.21. The number of carbonyl (C=O) groups excluding carboxylic acids is 1. The SMILES string of the molecule is CCn1cc(C(=O)NCC2CCCN(c3nccc(OC)n3)C2)cn1. The molecule has 1 fully saturated rings. The molecule has 1 aliphatic rings. The first-order valence-corrected chi connectivity index (χ1v) is 8.62. The zero-order valence-electron chi connectivity index (χ0n) is 14.7. The summed E-state index contributed by atoms with van der Waals surface area (Å²) in [5, 5.41) is 7.15. The number of ether oxygens (including phenoxy) is 1. The van der Waals surface area contributed by atoms with Crippen molar-refractivity contribution in [2.75, 3.05) is 31.6 Å². The molecule has 0 radical (unpaired) electrons. The highest BCUT2D eigenvalue weighted by atomic mass is 16.5. The number of amides is 1. The maximum atomic E-state index is 12.2. The van der Waals surface area contributed by atoms with Crippen molar-refractivity contribution in [3.8, 4) is 5.88 Å². The number of piperidine rings is 1. The van der Waals surface area contributed by atoms with E-state index in [-0.39, 0.29) is 5.91 Å². The molecule has 134 valence electrons. The quantitative estimate of drug-likeness (QED) is 0.851. The van der Waals surface area contributed by atoms with Crippen LogP contribution in [0, 0.1) is 5.92 Å². The van der Waals surface area contributed by atoms with Crippen LogP contribution < -0.4 is 15.0 Å². The maximum Gasteiger partial charge on any atom is 0.254 e. The van der Waals surface area contributed by atoms with Crippen LogP contribution in [0.5, 0.6) is 5.88 Å². The second kappa shape index (κ2) is 7.96. The Bertz CT molecular complexity index is 717. The van der Waals surface area contributed by atoms with Crippen LogP contribution in [-0.4, -0.2) is 52.4 Å². The summed E-state index contributed by atoms with van der Waals surface area (Å²) in [6.45, 7) is 5.12. The number of nitrogens with one attached hydrogen (secondary N) is 1. The number of anilines is 1. The molecule has 0 aromatic carbocycles. The average molecular weight is 344 g/mol. The summed E-state index contributed by atoms with van der Waals surface area (Å²) in [6.07, 6.45) is 7.21. The van der Waals surface area contributed by atoms with Gasteiger partial charge in [0.05, 0.1) is 18.9 Å². The summed E-state index contributed by atoms with van der Waals surface area (Å²) in [4.78, 5) is 23.1. The van der Waals surface area contributed by atoms with Crippen LogP contribution in [-0.2, 0) is 6.54 Å². The topological polar surface area (TPSA) is 85.2 Å². The molecule has 1 N–H and O–H groups in total. The number of methoxy groups -OCH3 is 1. The van der Waals surface area contributed by atoms with Crippen LogP contribution in [0.3, 0.4) is 0 Å². The Hall–Kier alpha value is -2.64. The van der Waals surface area contributed by atoms with E-state index in [1.165, 1.54) is 0 Å². The van der Waals surface area contributed by atoms with E-state index in [0.29, 0.717) is 29.9 Å². The number of nitrogens with zero attached hydrogens (tertiary/aromatic N) is 5. The van der Waals surface area contributed by atoms with E-state index in [9.17, 15) is 4.79 Å². The number of rotatable bonds is 6. The Kier molecular flexibility index (Phi) is 5.47. The fourth-order valence-electron chi connectivity index (χ4n) is 3.00. The molecule has 0 aliphatic carbocycles. The van der Waals surface area contributed by atoms with E-state index < -0.39 is 0 Å². The second-order valence-electron chi connectivity index (χ2n) is 6.15. The number of aromatic nitrogens is 4. The van der Waals surface area contributed by atoms with Gasteiger partial charge >= 0.3 is 0 Å². The van der Waals surface area contributed by atoms with Gasteiger partial charge in [-0.15, -0.1) is 0 Å². The minimum atomic E-state index is -0.0746. The molecule has 1 saturated heterocycles. The third kappa shape index (κ3) is 4.26. The first kappa shape index (κ1) is 17.2. The van der Waals surface area contributed by atoms with Gasteiger partial charge in [0.1, 0.15) is 0 Å². The molecule has 25 heavy (non-hydrogen) atoms. The van der Waals surface area contributed by atoms with Crippen LogP contribution in [0.25, 0.3) is 0 Å². The largest absolute Gasteiger partial charge is 0.481 e. The summed E-state index contributed by atoms with van der Waals surface area (Å²) in [6, 6.07) is 1.74. The zero-order valence-corrected chi connectivity index (χ0v) is 14.7. The lowest BCUT2D eigenvalue weighted by atomic mass is 9.98. The van der Waals surface area contributed by atoms with Crippen molar-refractivity contribution in [2.24, 2.45) is 5.92 Å². The predicted octanol–water partition coefficient (Wildman–Crippen LogP) is 1.35. The van der Waals surface area contributed by atoms with Gasteiger partial charge in [0, 0.05) is 44.6 Å². The highest BCUT2D eigenvalue weighted by molar-refractivity contribution is 5.93. The van der Waals surface area contributed by atoms with Gasteiger partial charge in [-0.25, -0.2) is 4.98 Å². The average Bonchev–Trinajstić information content (AvgIpc) is 3.16. The summed E-state index contributed by atoms with van der Waals surface area (Å²) in [5.74, 6) is 1.54. The van der Waals surface area contributed by atoms with E-state index in [1.807, 2.05) is 6.92 Å². The molecule has 1 atom stereocenters. The first-order chi connectivity index (χ1) is 12.2. The molecule has 2 aromatic rings. The minimum Gasteiger partial charge on any atom is -0.481 e. The Morgan fingerprint density at radius 3 is 3.12 bits per heavy atom. The Morgan fingerprint density at radius 1 is 1.48 bits per heavy atom. The van der Waals surface area contributed by atoms with Gasteiger partial charge in [-0.1, -0.05) is 0 Å². The summed E-state index contributed by atoms with van der Waals surface area (Å²) < 4.78 is 6.92. The van der Waals surface area contributed by atoms with Crippen LogP contribution in [0.1, 0.15) is 30.1 Å². The number of aryl methyl sites for hydroxylation is 1. The Balaban J connectivity index is 1.55. The van der Waals surface area contributed by atoms with Crippen LogP contribution in [0.4, 0.5) is 5.95 Å². The zero-order chi connectivity index (χ0) is 17.6. The van der Waals surface area contributed by atoms with Crippen molar-refractivity contribution >= 4 is 11.9 Å². The van der Waals surface area contributed by atoms with E-state index >= 15 is 0 Å². The van der Waals surface area contributed by atoms with Crippen molar-refractivity contribution in [1.82, 2.24) is 25.1 Å². The normalized spacial score (nSPS) is 17.4. The molecule has 1 unspecified atom stereocenters. The number of hydrogen-bond donors (Lipinski definition) is 1. The van der Waals surface area contributed by atoms with E-state index in [2.05, 4.69) is 25.3 Å². The van der Waals surface area contributed by atoms with Crippen LogP contribution >= 0.6 is 0 Å². The van der Waals surface area contributed by atoms with Crippen LogP contribution in [0.2, 0.25) is 0 Å². The molecular weight excluding hydrogens is 320 g/mol. The van der Waals surface area contributed by atoms with E-state index in [4.69, 9.17) is 4.74 Å². The molecule has 2 aromatic heterocycles. The lowest BCUT2D eigenvalue weighted by molar-refractivity contribution is 0.0945. The van der Waals surface area contributed by atoms with Crippen molar-refractivity contribution in [3.63, 3.8) is 0 Å². The maximum absolute atomic E-state index is 12.2. The van der Waals surface area contributed by atoms with Gasteiger partial charge in [-0.2, -0.15) is 10.1 Å². The van der Waals surface area contributed by atoms with Gasteiger partial charge in [0.2, 0.25) is 11.8 Å². The molecule has 8 nitrogen and oxygen atoms in total. The molecule has 3 rings (SSSR count).